The zero-order valence-corrected chi connectivity index (χ0v) is 13.3. The van der Waals surface area contributed by atoms with Crippen molar-refractivity contribution in [3.05, 3.63) is 23.1 Å². The van der Waals surface area contributed by atoms with Crippen LogP contribution in [0.3, 0.4) is 0 Å². The molecule has 2 rings (SSSR count). The Kier molecular flexibility index (Phi) is 5.40. The van der Waals surface area contributed by atoms with Crippen LogP contribution in [0.1, 0.15) is 40.0 Å². The number of allylic oxidation sites excluding steroid dienone is 3. The van der Waals surface area contributed by atoms with Gasteiger partial charge in [0.1, 0.15) is 0 Å². The summed E-state index contributed by atoms with van der Waals surface area (Å²) in [7, 11) is -0.788. The van der Waals surface area contributed by atoms with E-state index < -0.39 is 10.8 Å². The lowest BCUT2D eigenvalue weighted by atomic mass is 10.0. The van der Waals surface area contributed by atoms with Gasteiger partial charge in [-0.2, -0.15) is 0 Å². The van der Waals surface area contributed by atoms with Gasteiger partial charge < -0.3 is 4.90 Å². The van der Waals surface area contributed by atoms with Crippen molar-refractivity contribution < 1.29 is 4.21 Å². The van der Waals surface area contributed by atoms with E-state index in [9.17, 15) is 4.21 Å². The highest BCUT2D eigenvalue weighted by atomic mass is 32.2. The highest BCUT2D eigenvalue weighted by Crippen LogP contribution is 2.25. The van der Waals surface area contributed by atoms with Gasteiger partial charge in [0.2, 0.25) is 0 Å². The first kappa shape index (κ1) is 15.0. The molecule has 0 bridgehead atoms. The molecule has 0 radical (unpaired) electrons. The minimum absolute atomic E-state index is 0.368. The van der Waals surface area contributed by atoms with E-state index in [-0.39, 0.29) is 0 Å². The molecule has 108 valence electrons. The van der Waals surface area contributed by atoms with Crippen molar-refractivity contribution in [1.29, 1.82) is 0 Å². The molecule has 0 aromatic carbocycles. The fourth-order valence-corrected chi connectivity index (χ4v) is 4.37. The number of nitrogens with zero attached hydrogens (tertiary/aromatic N) is 1. The molecule has 0 aromatic rings. The Hall–Kier alpha value is -0.410. The predicted molar refractivity (Wildman–Crippen MR) is 83.4 cm³/mol. The average Bonchev–Trinajstić information content (AvgIpc) is 2.39. The lowest BCUT2D eigenvalue weighted by molar-refractivity contribution is 0.208. The number of rotatable bonds is 4. The number of hydrogen-bond acceptors (Lipinski definition) is 2. The SMILES string of the molecule is CC(C)CN1CCC(S(=O)C2=CCC(C)C=C2)CC1. The van der Waals surface area contributed by atoms with Gasteiger partial charge in [0, 0.05) is 16.7 Å². The summed E-state index contributed by atoms with van der Waals surface area (Å²) in [5.74, 6) is 1.33. The summed E-state index contributed by atoms with van der Waals surface area (Å²) >= 11 is 0. The molecule has 1 aliphatic heterocycles. The van der Waals surface area contributed by atoms with Crippen molar-refractivity contribution in [3.8, 4) is 0 Å². The Morgan fingerprint density at radius 2 is 2.05 bits per heavy atom. The van der Waals surface area contributed by atoms with Crippen molar-refractivity contribution in [1.82, 2.24) is 4.90 Å². The van der Waals surface area contributed by atoms with E-state index >= 15 is 0 Å². The summed E-state index contributed by atoms with van der Waals surface area (Å²) in [5, 5.41) is 0.368. The molecule has 1 heterocycles. The van der Waals surface area contributed by atoms with Gasteiger partial charge in [0.25, 0.3) is 0 Å². The summed E-state index contributed by atoms with van der Waals surface area (Å²) in [6, 6.07) is 0. The molecule has 1 fully saturated rings. The Labute approximate surface area is 120 Å². The molecule has 19 heavy (non-hydrogen) atoms. The first-order valence-corrected chi connectivity index (χ1v) is 8.79. The zero-order valence-electron chi connectivity index (χ0n) is 12.5. The van der Waals surface area contributed by atoms with Gasteiger partial charge >= 0.3 is 0 Å². The predicted octanol–water partition coefficient (Wildman–Crippen LogP) is 3.34. The summed E-state index contributed by atoms with van der Waals surface area (Å²) in [5.41, 5.74) is 0. The van der Waals surface area contributed by atoms with E-state index in [1.165, 1.54) is 6.54 Å². The number of piperidine rings is 1. The maximum absolute atomic E-state index is 12.6. The van der Waals surface area contributed by atoms with Gasteiger partial charge in [-0.1, -0.05) is 39.0 Å². The van der Waals surface area contributed by atoms with Gasteiger partial charge in [0.15, 0.2) is 0 Å². The maximum Gasteiger partial charge on any atom is 0.0558 e. The molecule has 1 saturated heterocycles. The minimum atomic E-state index is -0.788. The standard InChI is InChI=1S/C16H27NOS/c1-13(2)12-17-10-8-16(9-11-17)19(18)15-6-4-14(3)5-7-15/h4,6-7,13-14,16H,5,8-12H2,1-3H3. The van der Waals surface area contributed by atoms with Crippen molar-refractivity contribution in [3.63, 3.8) is 0 Å². The Morgan fingerprint density at radius 3 is 2.58 bits per heavy atom. The fraction of sp³-hybridized carbons (Fsp3) is 0.750. The topological polar surface area (TPSA) is 20.3 Å². The molecule has 3 heteroatoms. The molecule has 0 spiro atoms. The quantitative estimate of drug-likeness (QED) is 0.788. The summed E-state index contributed by atoms with van der Waals surface area (Å²) in [6.07, 6.45) is 9.68. The zero-order chi connectivity index (χ0) is 13.8. The summed E-state index contributed by atoms with van der Waals surface area (Å²) in [4.78, 5) is 3.59. The molecule has 2 atom stereocenters. The minimum Gasteiger partial charge on any atom is -0.303 e. The molecule has 0 N–H and O–H groups in total. The van der Waals surface area contributed by atoms with E-state index in [1.54, 1.807) is 0 Å². The van der Waals surface area contributed by atoms with Gasteiger partial charge in [-0.15, -0.1) is 0 Å². The second kappa shape index (κ2) is 6.85. The van der Waals surface area contributed by atoms with Crippen molar-refractivity contribution >= 4 is 10.8 Å². The van der Waals surface area contributed by atoms with Crippen LogP contribution in [0, 0.1) is 11.8 Å². The highest BCUT2D eigenvalue weighted by Gasteiger charge is 2.26. The largest absolute Gasteiger partial charge is 0.303 e. The number of hydrogen-bond donors (Lipinski definition) is 0. The maximum atomic E-state index is 12.6. The van der Waals surface area contributed by atoms with Crippen LogP contribution < -0.4 is 0 Å². The monoisotopic (exact) mass is 281 g/mol. The third kappa shape index (κ3) is 4.28. The molecule has 2 nitrogen and oxygen atoms in total. The first-order chi connectivity index (χ1) is 9.06. The lowest BCUT2D eigenvalue weighted by Gasteiger charge is -2.32. The average molecular weight is 281 g/mol. The second-order valence-electron chi connectivity index (χ2n) is 6.37. The van der Waals surface area contributed by atoms with E-state index in [1.807, 2.05) is 0 Å². The Balaban J connectivity index is 1.84. The van der Waals surface area contributed by atoms with E-state index in [4.69, 9.17) is 0 Å². The van der Waals surface area contributed by atoms with Crippen molar-refractivity contribution in [2.24, 2.45) is 11.8 Å². The van der Waals surface area contributed by atoms with Crippen LogP contribution >= 0.6 is 0 Å². The van der Waals surface area contributed by atoms with Crippen LogP contribution in [0.15, 0.2) is 23.1 Å². The molecular weight excluding hydrogens is 254 g/mol. The van der Waals surface area contributed by atoms with E-state index in [0.717, 1.165) is 43.2 Å². The van der Waals surface area contributed by atoms with Crippen LogP contribution in [0.5, 0.6) is 0 Å². The molecule has 2 aliphatic rings. The molecule has 0 amide bonds. The van der Waals surface area contributed by atoms with E-state index in [0.29, 0.717) is 11.2 Å². The molecule has 0 aromatic heterocycles. The van der Waals surface area contributed by atoms with Crippen LogP contribution in [0.4, 0.5) is 0 Å². The molecular formula is C16H27NOS. The second-order valence-corrected chi connectivity index (χ2v) is 8.10. The van der Waals surface area contributed by atoms with Gasteiger partial charge in [-0.3, -0.25) is 4.21 Å². The Bertz CT molecular complexity index is 378. The van der Waals surface area contributed by atoms with E-state index in [2.05, 4.69) is 43.9 Å². The van der Waals surface area contributed by atoms with Gasteiger partial charge in [-0.25, -0.2) is 0 Å². The van der Waals surface area contributed by atoms with Crippen molar-refractivity contribution in [2.75, 3.05) is 19.6 Å². The third-order valence-corrected chi connectivity index (χ3v) is 5.82. The third-order valence-electron chi connectivity index (χ3n) is 3.97. The van der Waals surface area contributed by atoms with Crippen LogP contribution in [-0.2, 0) is 10.8 Å². The molecule has 1 aliphatic carbocycles. The summed E-state index contributed by atoms with van der Waals surface area (Å²) < 4.78 is 12.6. The van der Waals surface area contributed by atoms with Crippen molar-refractivity contribution in [2.45, 2.75) is 45.3 Å². The number of likely N-dealkylation sites (tertiary alicyclic amines) is 1. The molecule has 0 saturated carbocycles. The summed E-state index contributed by atoms with van der Waals surface area (Å²) in [6.45, 7) is 10.1. The van der Waals surface area contributed by atoms with Crippen LogP contribution in [0.25, 0.3) is 0 Å². The normalized spacial score (nSPS) is 27.6. The van der Waals surface area contributed by atoms with Gasteiger partial charge in [0.05, 0.1) is 10.8 Å². The fourth-order valence-electron chi connectivity index (χ4n) is 2.87. The van der Waals surface area contributed by atoms with Crippen LogP contribution in [-0.4, -0.2) is 34.0 Å². The molecule has 2 unspecified atom stereocenters. The Morgan fingerprint density at radius 1 is 1.37 bits per heavy atom. The lowest BCUT2D eigenvalue weighted by Crippen LogP contribution is -2.39. The van der Waals surface area contributed by atoms with Gasteiger partial charge in [-0.05, 0) is 44.2 Å². The van der Waals surface area contributed by atoms with Crippen LogP contribution in [0.2, 0.25) is 0 Å². The smallest absolute Gasteiger partial charge is 0.0558 e. The first-order valence-electron chi connectivity index (χ1n) is 7.57. The highest BCUT2D eigenvalue weighted by molar-refractivity contribution is 7.89.